The summed E-state index contributed by atoms with van der Waals surface area (Å²) in [5.74, 6) is 1.06. The molecule has 23 heavy (non-hydrogen) atoms. The quantitative estimate of drug-likeness (QED) is 0.786. The monoisotopic (exact) mass is 318 g/mol. The average Bonchev–Trinajstić information content (AvgIpc) is 2.96. The number of carbonyl (C=O) groups is 1. The molecule has 2 rings (SSSR count). The van der Waals surface area contributed by atoms with Crippen molar-refractivity contribution in [2.24, 2.45) is 0 Å². The molecule has 0 aliphatic rings. The van der Waals surface area contributed by atoms with Gasteiger partial charge >= 0.3 is 6.03 Å². The highest BCUT2D eigenvalue weighted by Crippen LogP contribution is 2.24. The molecule has 2 amide bonds. The maximum atomic E-state index is 11.9. The molecular weight excluding hydrogens is 296 g/mol. The van der Waals surface area contributed by atoms with Gasteiger partial charge in [0.1, 0.15) is 0 Å². The van der Waals surface area contributed by atoms with E-state index in [1.54, 1.807) is 19.9 Å². The first-order valence-electron chi connectivity index (χ1n) is 7.49. The van der Waals surface area contributed by atoms with Crippen molar-refractivity contribution in [2.75, 3.05) is 11.9 Å². The summed E-state index contributed by atoms with van der Waals surface area (Å²) >= 11 is 0. The molecule has 0 unspecified atom stereocenters. The number of aryl methyl sites for hydroxylation is 2. The number of urea groups is 1. The molecule has 0 atom stereocenters. The van der Waals surface area contributed by atoms with Crippen LogP contribution < -0.4 is 10.6 Å². The van der Waals surface area contributed by atoms with Crippen molar-refractivity contribution in [3.8, 4) is 11.5 Å². The zero-order valence-corrected chi connectivity index (χ0v) is 13.8. The van der Waals surface area contributed by atoms with Crippen molar-refractivity contribution in [3.05, 3.63) is 29.6 Å². The highest BCUT2D eigenvalue weighted by molar-refractivity contribution is 5.90. The number of carbonyl (C=O) groups excluding carboxylic acids is 1. The lowest BCUT2D eigenvalue weighted by atomic mass is 10.1. The predicted molar refractivity (Wildman–Crippen MR) is 87.2 cm³/mol. The standard InChI is InChI=1S/C16H22N4O3/c1-5-13-19-14(23-20-13)11-7-6-10(2)12(8-11)18-15(21)17-9-16(3,4)22/h6-8,22H,5,9H2,1-4H3,(H2,17,18,21). The van der Waals surface area contributed by atoms with Crippen LogP contribution in [0.25, 0.3) is 11.5 Å². The van der Waals surface area contributed by atoms with E-state index < -0.39 is 5.60 Å². The van der Waals surface area contributed by atoms with Gasteiger partial charge in [-0.15, -0.1) is 0 Å². The van der Waals surface area contributed by atoms with E-state index in [-0.39, 0.29) is 12.6 Å². The number of nitrogens with zero attached hydrogens (tertiary/aromatic N) is 2. The van der Waals surface area contributed by atoms with E-state index in [4.69, 9.17) is 4.52 Å². The van der Waals surface area contributed by atoms with Crippen LogP contribution in [-0.2, 0) is 6.42 Å². The summed E-state index contributed by atoms with van der Waals surface area (Å²) < 4.78 is 5.21. The maximum absolute atomic E-state index is 11.9. The fourth-order valence-corrected chi connectivity index (χ4v) is 1.87. The molecule has 7 heteroatoms. The summed E-state index contributed by atoms with van der Waals surface area (Å²) in [6.07, 6.45) is 0.694. The second-order valence-corrected chi connectivity index (χ2v) is 6.02. The van der Waals surface area contributed by atoms with Gasteiger partial charge < -0.3 is 20.3 Å². The predicted octanol–water partition coefficient (Wildman–Crippen LogP) is 2.50. The van der Waals surface area contributed by atoms with Gasteiger partial charge in [-0.2, -0.15) is 4.98 Å². The third-order valence-corrected chi connectivity index (χ3v) is 3.20. The minimum atomic E-state index is -0.964. The number of hydrogen-bond donors (Lipinski definition) is 3. The molecule has 1 aromatic carbocycles. The Labute approximate surface area is 135 Å². The summed E-state index contributed by atoms with van der Waals surface area (Å²) in [5, 5.41) is 18.9. The molecule has 0 bridgehead atoms. The van der Waals surface area contributed by atoms with Crippen LogP contribution in [0.2, 0.25) is 0 Å². The SMILES string of the molecule is CCc1noc(-c2ccc(C)c(NC(=O)NCC(C)(C)O)c2)n1. The average molecular weight is 318 g/mol. The molecule has 1 aromatic heterocycles. The number of rotatable bonds is 5. The molecule has 0 aliphatic carbocycles. The molecule has 0 radical (unpaired) electrons. The molecule has 7 nitrogen and oxygen atoms in total. The van der Waals surface area contributed by atoms with E-state index in [1.807, 2.05) is 26.0 Å². The molecule has 1 heterocycles. The van der Waals surface area contributed by atoms with Gasteiger partial charge in [-0.25, -0.2) is 4.79 Å². The zero-order valence-electron chi connectivity index (χ0n) is 13.8. The van der Waals surface area contributed by atoms with Crippen molar-refractivity contribution in [1.82, 2.24) is 15.5 Å². The Kier molecular flexibility index (Phi) is 5.00. The molecule has 3 N–H and O–H groups in total. The van der Waals surface area contributed by atoms with E-state index in [1.165, 1.54) is 0 Å². The number of benzene rings is 1. The number of aromatic nitrogens is 2. The van der Waals surface area contributed by atoms with E-state index in [0.717, 1.165) is 11.1 Å². The summed E-state index contributed by atoms with van der Waals surface area (Å²) in [4.78, 5) is 16.2. The second kappa shape index (κ2) is 6.78. The molecule has 0 saturated carbocycles. The Morgan fingerprint density at radius 3 is 2.74 bits per heavy atom. The summed E-state index contributed by atoms with van der Waals surface area (Å²) in [7, 11) is 0. The smallest absolute Gasteiger partial charge is 0.319 e. The lowest BCUT2D eigenvalue weighted by Gasteiger charge is -2.18. The first kappa shape index (κ1) is 17.0. The Morgan fingerprint density at radius 2 is 2.13 bits per heavy atom. The third kappa shape index (κ3) is 4.79. The first-order chi connectivity index (χ1) is 10.8. The lowest BCUT2D eigenvalue weighted by Crippen LogP contribution is -2.40. The van der Waals surface area contributed by atoms with Gasteiger partial charge in [-0.05, 0) is 38.5 Å². The van der Waals surface area contributed by atoms with E-state index in [0.29, 0.717) is 23.8 Å². The van der Waals surface area contributed by atoms with Crippen LogP contribution in [0.15, 0.2) is 22.7 Å². The lowest BCUT2D eigenvalue weighted by molar-refractivity contribution is 0.0826. The van der Waals surface area contributed by atoms with E-state index >= 15 is 0 Å². The number of aliphatic hydroxyl groups is 1. The largest absolute Gasteiger partial charge is 0.389 e. The zero-order chi connectivity index (χ0) is 17.0. The Hall–Kier alpha value is -2.41. The van der Waals surface area contributed by atoms with Crippen LogP contribution in [0.4, 0.5) is 10.5 Å². The topological polar surface area (TPSA) is 100 Å². The van der Waals surface area contributed by atoms with Gasteiger partial charge in [0.25, 0.3) is 5.89 Å². The fraction of sp³-hybridized carbons (Fsp3) is 0.438. The fourth-order valence-electron chi connectivity index (χ4n) is 1.87. The number of amides is 2. The summed E-state index contributed by atoms with van der Waals surface area (Å²) in [6.45, 7) is 7.24. The summed E-state index contributed by atoms with van der Waals surface area (Å²) in [6, 6.07) is 5.14. The second-order valence-electron chi connectivity index (χ2n) is 6.02. The maximum Gasteiger partial charge on any atom is 0.319 e. The highest BCUT2D eigenvalue weighted by Gasteiger charge is 2.15. The minimum absolute atomic E-state index is 0.154. The molecule has 0 aliphatic heterocycles. The van der Waals surface area contributed by atoms with E-state index in [9.17, 15) is 9.90 Å². The normalized spacial score (nSPS) is 11.3. The molecule has 2 aromatic rings. The van der Waals surface area contributed by atoms with Crippen molar-refractivity contribution in [2.45, 2.75) is 39.7 Å². The molecule has 124 valence electrons. The van der Waals surface area contributed by atoms with E-state index in [2.05, 4.69) is 20.8 Å². The molecular formula is C16H22N4O3. The highest BCUT2D eigenvalue weighted by atomic mass is 16.5. The molecule has 0 saturated heterocycles. The van der Waals surface area contributed by atoms with Gasteiger partial charge in [-0.1, -0.05) is 18.1 Å². The number of nitrogens with one attached hydrogen (secondary N) is 2. The van der Waals surface area contributed by atoms with Crippen molar-refractivity contribution in [3.63, 3.8) is 0 Å². The van der Waals surface area contributed by atoms with Gasteiger partial charge in [0.05, 0.1) is 5.60 Å². The number of anilines is 1. The Balaban J connectivity index is 2.12. The van der Waals surface area contributed by atoms with Crippen LogP contribution in [0.5, 0.6) is 0 Å². The van der Waals surface area contributed by atoms with Crippen molar-refractivity contribution >= 4 is 11.7 Å². The van der Waals surface area contributed by atoms with Crippen molar-refractivity contribution < 1.29 is 14.4 Å². The van der Waals surface area contributed by atoms with Gasteiger partial charge in [0.15, 0.2) is 5.82 Å². The summed E-state index contributed by atoms with van der Waals surface area (Å²) in [5.41, 5.74) is 1.32. The Bertz CT molecular complexity index is 689. The van der Waals surface area contributed by atoms with Crippen LogP contribution in [0.1, 0.15) is 32.2 Å². The molecule has 0 spiro atoms. The van der Waals surface area contributed by atoms with Gasteiger partial charge in [0.2, 0.25) is 0 Å². The van der Waals surface area contributed by atoms with Crippen LogP contribution in [0, 0.1) is 6.92 Å². The molecule has 0 fully saturated rings. The van der Waals surface area contributed by atoms with Crippen LogP contribution >= 0.6 is 0 Å². The Morgan fingerprint density at radius 1 is 1.39 bits per heavy atom. The van der Waals surface area contributed by atoms with Gasteiger partial charge in [-0.3, -0.25) is 0 Å². The van der Waals surface area contributed by atoms with Gasteiger partial charge in [0, 0.05) is 24.2 Å². The number of hydrogen-bond acceptors (Lipinski definition) is 5. The minimum Gasteiger partial charge on any atom is -0.389 e. The van der Waals surface area contributed by atoms with Crippen molar-refractivity contribution in [1.29, 1.82) is 0 Å². The first-order valence-corrected chi connectivity index (χ1v) is 7.49. The third-order valence-electron chi connectivity index (χ3n) is 3.20. The van der Waals surface area contributed by atoms with Crippen LogP contribution in [0.3, 0.4) is 0 Å². The van der Waals surface area contributed by atoms with Crippen LogP contribution in [-0.4, -0.2) is 33.4 Å².